The molecule has 0 fully saturated rings. The predicted molar refractivity (Wildman–Crippen MR) is 54.8 cm³/mol. The monoisotopic (exact) mass is 211 g/mol. The van der Waals surface area contributed by atoms with Crippen molar-refractivity contribution in [1.82, 2.24) is 0 Å². The molecule has 0 unspecified atom stereocenters. The average molecular weight is 211 g/mol. The van der Waals surface area contributed by atoms with Crippen molar-refractivity contribution >= 4 is 5.97 Å². The van der Waals surface area contributed by atoms with Gasteiger partial charge in [0.15, 0.2) is 0 Å². The first-order valence-corrected chi connectivity index (χ1v) is 4.70. The van der Waals surface area contributed by atoms with Gasteiger partial charge in [-0.2, -0.15) is 0 Å². The smallest absolute Gasteiger partial charge is 0.306 e. The van der Waals surface area contributed by atoms with Crippen molar-refractivity contribution in [3.8, 4) is 0 Å². The first-order chi connectivity index (χ1) is 7.19. The number of rotatable bonds is 4. The lowest BCUT2D eigenvalue weighted by atomic mass is 9.95. The van der Waals surface area contributed by atoms with E-state index in [2.05, 4.69) is 4.74 Å². The Bertz CT molecular complexity index is 341. The molecule has 0 aliphatic carbocycles. The standard InChI is InChI=1S/C11H14FNO2/c1-15-11(14)6-8(7-13)9-4-2-3-5-10(9)12/h2-5,8H,6-7,13H2,1H3/t8-/m1/s1. The minimum atomic E-state index is -0.381. The summed E-state index contributed by atoms with van der Waals surface area (Å²) in [7, 11) is 1.30. The molecule has 82 valence electrons. The zero-order valence-corrected chi connectivity index (χ0v) is 8.57. The van der Waals surface area contributed by atoms with Crippen molar-refractivity contribution in [3.63, 3.8) is 0 Å². The second-order valence-electron chi connectivity index (χ2n) is 3.23. The predicted octanol–water partition coefficient (Wildman–Crippen LogP) is 1.43. The minimum Gasteiger partial charge on any atom is -0.469 e. The van der Waals surface area contributed by atoms with E-state index in [1.807, 2.05) is 0 Å². The number of hydrogen-bond acceptors (Lipinski definition) is 3. The summed E-state index contributed by atoms with van der Waals surface area (Å²) in [6.07, 6.45) is 0.105. The maximum Gasteiger partial charge on any atom is 0.306 e. The molecule has 1 aromatic rings. The van der Waals surface area contributed by atoms with E-state index in [9.17, 15) is 9.18 Å². The number of esters is 1. The zero-order chi connectivity index (χ0) is 11.3. The van der Waals surface area contributed by atoms with E-state index in [-0.39, 0.29) is 30.7 Å². The van der Waals surface area contributed by atoms with Crippen LogP contribution < -0.4 is 5.73 Å². The number of benzene rings is 1. The summed E-state index contributed by atoms with van der Waals surface area (Å²) in [4.78, 5) is 11.1. The van der Waals surface area contributed by atoms with Crippen LogP contribution in [0, 0.1) is 5.82 Å². The summed E-state index contributed by atoms with van der Waals surface area (Å²) >= 11 is 0. The molecule has 0 bridgehead atoms. The molecule has 0 aliphatic rings. The molecule has 1 aromatic carbocycles. The maximum atomic E-state index is 13.4. The Hall–Kier alpha value is -1.42. The number of hydrogen-bond donors (Lipinski definition) is 1. The fourth-order valence-electron chi connectivity index (χ4n) is 1.41. The van der Waals surface area contributed by atoms with Crippen LogP contribution in [0.1, 0.15) is 17.9 Å². The van der Waals surface area contributed by atoms with Crippen LogP contribution in [0.25, 0.3) is 0 Å². The van der Waals surface area contributed by atoms with Gasteiger partial charge in [0, 0.05) is 5.92 Å². The van der Waals surface area contributed by atoms with Gasteiger partial charge in [-0.1, -0.05) is 18.2 Å². The molecular weight excluding hydrogens is 197 g/mol. The van der Waals surface area contributed by atoms with Crippen LogP contribution >= 0.6 is 0 Å². The normalized spacial score (nSPS) is 12.2. The van der Waals surface area contributed by atoms with Gasteiger partial charge in [0.2, 0.25) is 0 Å². The highest BCUT2D eigenvalue weighted by molar-refractivity contribution is 5.70. The highest BCUT2D eigenvalue weighted by Crippen LogP contribution is 2.21. The molecule has 0 spiro atoms. The van der Waals surface area contributed by atoms with Crippen LogP contribution in [0.4, 0.5) is 4.39 Å². The van der Waals surface area contributed by atoms with Crippen molar-refractivity contribution in [2.45, 2.75) is 12.3 Å². The number of carbonyl (C=O) groups excluding carboxylic acids is 1. The summed E-state index contributed by atoms with van der Waals surface area (Å²) in [5.41, 5.74) is 5.97. The van der Waals surface area contributed by atoms with Gasteiger partial charge in [0.25, 0.3) is 0 Å². The number of ether oxygens (including phenoxy) is 1. The third-order valence-corrected chi connectivity index (χ3v) is 2.27. The van der Waals surface area contributed by atoms with E-state index in [1.54, 1.807) is 18.2 Å². The van der Waals surface area contributed by atoms with Crippen LogP contribution in [0.5, 0.6) is 0 Å². The van der Waals surface area contributed by atoms with E-state index in [0.717, 1.165) is 0 Å². The Morgan fingerprint density at radius 3 is 2.73 bits per heavy atom. The van der Waals surface area contributed by atoms with Crippen molar-refractivity contribution in [2.75, 3.05) is 13.7 Å². The van der Waals surface area contributed by atoms with E-state index in [4.69, 9.17) is 5.73 Å². The fraction of sp³-hybridized carbons (Fsp3) is 0.364. The van der Waals surface area contributed by atoms with Crippen molar-refractivity contribution < 1.29 is 13.9 Å². The van der Waals surface area contributed by atoms with Gasteiger partial charge in [0.1, 0.15) is 5.82 Å². The highest BCUT2D eigenvalue weighted by Gasteiger charge is 2.17. The second kappa shape index (κ2) is 5.46. The van der Waals surface area contributed by atoms with Gasteiger partial charge in [-0.05, 0) is 18.2 Å². The van der Waals surface area contributed by atoms with Gasteiger partial charge in [-0.3, -0.25) is 4.79 Å². The van der Waals surface area contributed by atoms with Crippen LogP contribution in [-0.4, -0.2) is 19.6 Å². The lowest BCUT2D eigenvalue weighted by Gasteiger charge is -2.14. The number of nitrogens with two attached hydrogens (primary N) is 1. The van der Waals surface area contributed by atoms with Crippen molar-refractivity contribution in [1.29, 1.82) is 0 Å². The lowest BCUT2D eigenvalue weighted by molar-refractivity contribution is -0.141. The van der Waals surface area contributed by atoms with E-state index >= 15 is 0 Å². The molecule has 0 saturated carbocycles. The molecule has 15 heavy (non-hydrogen) atoms. The topological polar surface area (TPSA) is 52.3 Å². The Kier molecular flexibility index (Phi) is 4.24. The quantitative estimate of drug-likeness (QED) is 0.766. The van der Waals surface area contributed by atoms with Crippen LogP contribution in [0.2, 0.25) is 0 Å². The van der Waals surface area contributed by atoms with Gasteiger partial charge < -0.3 is 10.5 Å². The Balaban J connectivity index is 2.83. The molecule has 3 nitrogen and oxygen atoms in total. The summed E-state index contributed by atoms with van der Waals surface area (Å²) in [6, 6.07) is 6.31. The molecule has 0 radical (unpaired) electrons. The van der Waals surface area contributed by atoms with E-state index in [0.29, 0.717) is 5.56 Å². The summed E-state index contributed by atoms with van der Waals surface area (Å²) in [5.74, 6) is -1.04. The summed E-state index contributed by atoms with van der Waals surface area (Å²) < 4.78 is 17.9. The van der Waals surface area contributed by atoms with E-state index in [1.165, 1.54) is 13.2 Å². The van der Waals surface area contributed by atoms with Crippen molar-refractivity contribution in [3.05, 3.63) is 35.6 Å². The molecule has 0 amide bonds. The molecular formula is C11H14FNO2. The Morgan fingerprint density at radius 2 is 2.20 bits per heavy atom. The SMILES string of the molecule is COC(=O)C[C@H](CN)c1ccccc1F. The zero-order valence-electron chi connectivity index (χ0n) is 8.57. The van der Waals surface area contributed by atoms with Gasteiger partial charge >= 0.3 is 5.97 Å². The second-order valence-corrected chi connectivity index (χ2v) is 3.23. The molecule has 2 N–H and O–H groups in total. The number of halogens is 1. The molecule has 0 saturated heterocycles. The average Bonchev–Trinajstić information content (AvgIpc) is 2.26. The van der Waals surface area contributed by atoms with Gasteiger partial charge in [-0.15, -0.1) is 0 Å². The maximum absolute atomic E-state index is 13.4. The molecule has 0 aliphatic heterocycles. The lowest BCUT2D eigenvalue weighted by Crippen LogP contribution is -2.18. The number of methoxy groups -OCH3 is 1. The largest absolute Gasteiger partial charge is 0.469 e. The summed E-state index contributed by atoms with van der Waals surface area (Å²) in [6.45, 7) is 0.218. The van der Waals surface area contributed by atoms with Gasteiger partial charge in [0.05, 0.1) is 13.5 Å². The van der Waals surface area contributed by atoms with Crippen molar-refractivity contribution in [2.24, 2.45) is 5.73 Å². The first-order valence-electron chi connectivity index (χ1n) is 4.70. The van der Waals surface area contributed by atoms with E-state index < -0.39 is 0 Å². The Morgan fingerprint density at radius 1 is 1.53 bits per heavy atom. The third kappa shape index (κ3) is 3.02. The molecule has 0 heterocycles. The van der Waals surface area contributed by atoms with Crippen LogP contribution in [0.15, 0.2) is 24.3 Å². The first kappa shape index (κ1) is 11.7. The van der Waals surface area contributed by atoms with Gasteiger partial charge in [-0.25, -0.2) is 4.39 Å². The molecule has 0 aromatic heterocycles. The van der Waals surface area contributed by atoms with Crippen LogP contribution in [0.3, 0.4) is 0 Å². The summed E-state index contributed by atoms with van der Waals surface area (Å²) in [5, 5.41) is 0. The molecule has 4 heteroatoms. The molecule has 1 rings (SSSR count). The van der Waals surface area contributed by atoms with Crippen LogP contribution in [-0.2, 0) is 9.53 Å². The Labute approximate surface area is 88.0 Å². The molecule has 1 atom stereocenters. The highest BCUT2D eigenvalue weighted by atomic mass is 19.1. The fourth-order valence-corrected chi connectivity index (χ4v) is 1.41. The number of carbonyl (C=O) groups is 1. The third-order valence-electron chi connectivity index (χ3n) is 2.27. The minimum absolute atomic E-state index is 0.105.